The summed E-state index contributed by atoms with van der Waals surface area (Å²) in [7, 11) is 0. The molecule has 11 heavy (non-hydrogen) atoms. The van der Waals surface area contributed by atoms with Gasteiger partial charge < -0.3 is 5.11 Å². The third-order valence-electron chi connectivity index (χ3n) is 3.21. The molecule has 0 spiro atoms. The first-order chi connectivity index (χ1) is 4.87. The Hall–Kier alpha value is -0.530. The van der Waals surface area contributed by atoms with Crippen LogP contribution in [-0.2, 0) is 4.79 Å². The molecule has 0 aromatic carbocycles. The standard InChI is InChI=1S/C8H16.CH2O2/c1-7(2)5-6-8(7,3)4;2-1-3/h5-6H2,1-4H3;1H,(H,2,3). The van der Waals surface area contributed by atoms with E-state index in [0.29, 0.717) is 10.8 Å². The van der Waals surface area contributed by atoms with Crippen LogP contribution in [0.15, 0.2) is 0 Å². The maximum atomic E-state index is 8.36. The normalized spacial score (nSPS) is 24.0. The summed E-state index contributed by atoms with van der Waals surface area (Å²) in [6.07, 6.45) is 2.83. The lowest BCUT2D eigenvalue weighted by atomic mass is 9.53. The van der Waals surface area contributed by atoms with Gasteiger partial charge in [-0.1, -0.05) is 27.7 Å². The Labute approximate surface area is 68.6 Å². The summed E-state index contributed by atoms with van der Waals surface area (Å²) in [4.78, 5) is 8.36. The first kappa shape index (κ1) is 10.5. The Morgan fingerprint density at radius 3 is 1.27 bits per heavy atom. The SMILES string of the molecule is CC1(C)CCC1(C)C.O=CO. The molecule has 1 aliphatic rings. The first-order valence-corrected chi connectivity index (χ1v) is 3.95. The van der Waals surface area contributed by atoms with Crippen LogP contribution >= 0.6 is 0 Å². The molecule has 0 aromatic rings. The van der Waals surface area contributed by atoms with Crippen LogP contribution < -0.4 is 0 Å². The second-order valence-electron chi connectivity index (χ2n) is 4.37. The van der Waals surface area contributed by atoms with E-state index in [-0.39, 0.29) is 6.47 Å². The van der Waals surface area contributed by atoms with E-state index in [1.54, 1.807) is 0 Å². The maximum absolute atomic E-state index is 8.36. The van der Waals surface area contributed by atoms with E-state index in [1.165, 1.54) is 12.8 Å². The maximum Gasteiger partial charge on any atom is 0.290 e. The van der Waals surface area contributed by atoms with Crippen molar-refractivity contribution in [3.05, 3.63) is 0 Å². The van der Waals surface area contributed by atoms with Crippen molar-refractivity contribution in [2.75, 3.05) is 0 Å². The third kappa shape index (κ3) is 2.21. The molecular weight excluding hydrogens is 140 g/mol. The lowest BCUT2D eigenvalue weighted by Crippen LogP contribution is -2.42. The highest BCUT2D eigenvalue weighted by Crippen LogP contribution is 2.55. The number of carboxylic acid groups (broad SMARTS) is 1. The van der Waals surface area contributed by atoms with Gasteiger partial charge in [-0.05, 0) is 23.7 Å². The van der Waals surface area contributed by atoms with Gasteiger partial charge in [-0.2, -0.15) is 0 Å². The van der Waals surface area contributed by atoms with Crippen molar-refractivity contribution in [1.29, 1.82) is 0 Å². The molecule has 0 aliphatic heterocycles. The molecule has 66 valence electrons. The van der Waals surface area contributed by atoms with Crippen LogP contribution in [0.25, 0.3) is 0 Å². The molecule has 0 bridgehead atoms. The molecule has 0 aromatic heterocycles. The molecule has 1 aliphatic carbocycles. The van der Waals surface area contributed by atoms with Gasteiger partial charge in [0.25, 0.3) is 6.47 Å². The fourth-order valence-electron chi connectivity index (χ4n) is 1.12. The summed E-state index contributed by atoms with van der Waals surface area (Å²) in [5.74, 6) is 0. The molecule has 1 fully saturated rings. The van der Waals surface area contributed by atoms with Gasteiger partial charge in [-0.25, -0.2) is 0 Å². The van der Waals surface area contributed by atoms with E-state index in [0.717, 1.165) is 0 Å². The zero-order valence-electron chi connectivity index (χ0n) is 7.85. The van der Waals surface area contributed by atoms with E-state index in [9.17, 15) is 0 Å². The summed E-state index contributed by atoms with van der Waals surface area (Å²) in [6.45, 7) is 9.18. The van der Waals surface area contributed by atoms with Crippen LogP contribution in [0, 0.1) is 10.8 Å². The van der Waals surface area contributed by atoms with Gasteiger partial charge in [0.2, 0.25) is 0 Å². The summed E-state index contributed by atoms with van der Waals surface area (Å²) < 4.78 is 0. The van der Waals surface area contributed by atoms with Crippen molar-refractivity contribution in [1.82, 2.24) is 0 Å². The first-order valence-electron chi connectivity index (χ1n) is 3.95. The Morgan fingerprint density at radius 1 is 1.09 bits per heavy atom. The number of carbonyl (C=O) groups is 1. The van der Waals surface area contributed by atoms with Crippen LogP contribution in [0.2, 0.25) is 0 Å². The van der Waals surface area contributed by atoms with Gasteiger partial charge in [0, 0.05) is 0 Å². The van der Waals surface area contributed by atoms with Gasteiger partial charge in [0.05, 0.1) is 0 Å². The van der Waals surface area contributed by atoms with Gasteiger partial charge in [-0.3, -0.25) is 4.79 Å². The summed E-state index contributed by atoms with van der Waals surface area (Å²) in [6, 6.07) is 0. The van der Waals surface area contributed by atoms with E-state index in [4.69, 9.17) is 9.90 Å². The average molecular weight is 158 g/mol. The van der Waals surface area contributed by atoms with Gasteiger partial charge in [0.1, 0.15) is 0 Å². The Kier molecular flexibility index (Phi) is 3.09. The van der Waals surface area contributed by atoms with Crippen molar-refractivity contribution in [2.45, 2.75) is 40.5 Å². The molecule has 2 nitrogen and oxygen atoms in total. The predicted molar refractivity (Wildman–Crippen MR) is 45.5 cm³/mol. The monoisotopic (exact) mass is 158 g/mol. The largest absolute Gasteiger partial charge is 0.483 e. The zero-order valence-corrected chi connectivity index (χ0v) is 7.85. The highest BCUT2D eigenvalue weighted by Gasteiger charge is 2.44. The number of hydrogen-bond acceptors (Lipinski definition) is 1. The topological polar surface area (TPSA) is 37.3 Å². The zero-order chi connectivity index (χ0) is 9.12. The van der Waals surface area contributed by atoms with Crippen LogP contribution in [0.5, 0.6) is 0 Å². The van der Waals surface area contributed by atoms with Gasteiger partial charge >= 0.3 is 0 Å². The smallest absolute Gasteiger partial charge is 0.290 e. The average Bonchev–Trinajstić information content (AvgIpc) is 1.88. The van der Waals surface area contributed by atoms with Crippen LogP contribution in [0.3, 0.4) is 0 Å². The molecule has 1 N–H and O–H groups in total. The quantitative estimate of drug-likeness (QED) is 0.550. The molecule has 2 heteroatoms. The molecule has 0 atom stereocenters. The van der Waals surface area contributed by atoms with E-state index in [2.05, 4.69) is 27.7 Å². The lowest BCUT2D eigenvalue weighted by molar-refractivity contribution is -0.122. The van der Waals surface area contributed by atoms with Crippen molar-refractivity contribution >= 4 is 6.47 Å². The highest BCUT2D eigenvalue weighted by molar-refractivity contribution is 5.32. The highest BCUT2D eigenvalue weighted by atomic mass is 16.3. The van der Waals surface area contributed by atoms with Crippen LogP contribution in [0.1, 0.15) is 40.5 Å². The summed E-state index contributed by atoms with van der Waals surface area (Å²) in [5.41, 5.74) is 1.24. The Bertz CT molecular complexity index is 122. The van der Waals surface area contributed by atoms with Crippen LogP contribution in [0.4, 0.5) is 0 Å². The Balaban J connectivity index is 0.000000292. The van der Waals surface area contributed by atoms with Crippen molar-refractivity contribution in [3.63, 3.8) is 0 Å². The third-order valence-corrected chi connectivity index (χ3v) is 3.21. The van der Waals surface area contributed by atoms with E-state index < -0.39 is 0 Å². The molecule has 1 saturated carbocycles. The Morgan fingerprint density at radius 2 is 1.27 bits per heavy atom. The van der Waals surface area contributed by atoms with Gasteiger partial charge in [0.15, 0.2) is 0 Å². The number of rotatable bonds is 0. The fraction of sp³-hybridized carbons (Fsp3) is 0.889. The van der Waals surface area contributed by atoms with Crippen molar-refractivity contribution in [2.24, 2.45) is 10.8 Å². The van der Waals surface area contributed by atoms with Gasteiger partial charge in [-0.15, -0.1) is 0 Å². The number of hydrogen-bond donors (Lipinski definition) is 1. The van der Waals surface area contributed by atoms with E-state index >= 15 is 0 Å². The van der Waals surface area contributed by atoms with Crippen LogP contribution in [-0.4, -0.2) is 11.6 Å². The van der Waals surface area contributed by atoms with Crippen molar-refractivity contribution < 1.29 is 9.90 Å². The molecule has 0 amide bonds. The molecule has 0 saturated heterocycles. The van der Waals surface area contributed by atoms with Crippen molar-refractivity contribution in [3.8, 4) is 0 Å². The minimum Gasteiger partial charge on any atom is -0.483 e. The second-order valence-corrected chi connectivity index (χ2v) is 4.37. The molecule has 0 radical (unpaired) electrons. The second kappa shape index (κ2) is 3.24. The summed E-state index contributed by atoms with van der Waals surface area (Å²) >= 11 is 0. The summed E-state index contributed by atoms with van der Waals surface area (Å²) in [5, 5.41) is 6.89. The van der Waals surface area contributed by atoms with E-state index in [1.807, 2.05) is 0 Å². The fourth-order valence-corrected chi connectivity index (χ4v) is 1.12. The minimum absolute atomic E-state index is 0.250. The molecule has 1 rings (SSSR count). The molecule has 0 heterocycles. The molecule has 0 unspecified atom stereocenters. The lowest BCUT2D eigenvalue weighted by Gasteiger charge is -2.52. The molecular formula is C9H18O2. The predicted octanol–water partition coefficient (Wildman–Crippen LogP) is 2.53. The minimum atomic E-state index is -0.250.